The lowest BCUT2D eigenvalue weighted by molar-refractivity contribution is 0.0526. The molecule has 0 bridgehead atoms. The van der Waals surface area contributed by atoms with E-state index >= 15 is 0 Å². The van der Waals surface area contributed by atoms with E-state index in [0.717, 1.165) is 0 Å². The Balaban J connectivity index is 2.84. The Labute approximate surface area is 138 Å². The number of nitriles is 1. The van der Waals surface area contributed by atoms with Crippen LogP contribution in [0.1, 0.15) is 28.5 Å². The van der Waals surface area contributed by atoms with E-state index < -0.39 is 5.97 Å². The number of pyridine rings is 1. The molecular weight excluding hydrogens is 323 g/mol. The number of aromatic nitrogens is 1. The number of halogens is 2. The number of hydrogen-bond acceptors (Lipinski definition) is 4. The van der Waals surface area contributed by atoms with E-state index in [-0.39, 0.29) is 22.9 Å². The smallest absolute Gasteiger partial charge is 0.340 e. The molecule has 1 aromatic carbocycles. The Kier molecular flexibility index (Phi) is 5.02. The van der Waals surface area contributed by atoms with Crippen LogP contribution in [0.2, 0.25) is 10.2 Å². The molecular formula is C16H12Cl2N2O2. The predicted octanol–water partition coefficient (Wildman–Crippen LogP) is 4.41. The lowest BCUT2D eigenvalue weighted by atomic mass is 9.95. The maximum Gasteiger partial charge on any atom is 0.340 e. The Morgan fingerprint density at radius 2 is 2.14 bits per heavy atom. The second kappa shape index (κ2) is 6.78. The van der Waals surface area contributed by atoms with Crippen LogP contribution in [0, 0.1) is 18.3 Å². The summed E-state index contributed by atoms with van der Waals surface area (Å²) in [5.41, 5.74) is 1.75. The van der Waals surface area contributed by atoms with Crippen LogP contribution in [0.5, 0.6) is 0 Å². The molecule has 0 atom stereocenters. The number of carbonyl (C=O) groups is 1. The second-order valence-corrected chi connectivity index (χ2v) is 5.25. The summed E-state index contributed by atoms with van der Waals surface area (Å²) >= 11 is 12.1. The Morgan fingerprint density at radius 3 is 2.73 bits per heavy atom. The molecule has 0 saturated carbocycles. The van der Waals surface area contributed by atoms with Gasteiger partial charge in [0.25, 0.3) is 0 Å². The van der Waals surface area contributed by atoms with Crippen LogP contribution in [-0.4, -0.2) is 17.6 Å². The molecule has 6 heteroatoms. The fraction of sp³-hybridized carbons (Fsp3) is 0.188. The van der Waals surface area contributed by atoms with Crippen molar-refractivity contribution in [2.24, 2.45) is 0 Å². The number of ether oxygens (including phenoxy) is 1. The first-order chi connectivity index (χ1) is 10.5. The van der Waals surface area contributed by atoms with E-state index in [1.54, 1.807) is 38.1 Å². The van der Waals surface area contributed by atoms with Gasteiger partial charge in [-0.15, -0.1) is 0 Å². The van der Waals surface area contributed by atoms with Gasteiger partial charge in [-0.05, 0) is 31.5 Å². The van der Waals surface area contributed by atoms with Crippen molar-refractivity contribution in [1.82, 2.24) is 4.98 Å². The van der Waals surface area contributed by atoms with Crippen LogP contribution >= 0.6 is 23.2 Å². The highest BCUT2D eigenvalue weighted by Gasteiger charge is 2.24. The average Bonchev–Trinajstić information content (AvgIpc) is 2.46. The summed E-state index contributed by atoms with van der Waals surface area (Å²) in [6.07, 6.45) is 0. The fourth-order valence-corrected chi connectivity index (χ4v) is 2.61. The Bertz CT molecular complexity index is 782. The van der Waals surface area contributed by atoms with E-state index in [4.69, 9.17) is 27.9 Å². The van der Waals surface area contributed by atoms with Crippen molar-refractivity contribution >= 4 is 29.2 Å². The van der Waals surface area contributed by atoms with Gasteiger partial charge in [0.05, 0.1) is 23.4 Å². The van der Waals surface area contributed by atoms with Gasteiger partial charge in [-0.2, -0.15) is 5.26 Å². The third-order valence-corrected chi connectivity index (χ3v) is 3.55. The van der Waals surface area contributed by atoms with Gasteiger partial charge in [0, 0.05) is 10.6 Å². The molecule has 112 valence electrons. The largest absolute Gasteiger partial charge is 0.462 e. The zero-order valence-electron chi connectivity index (χ0n) is 12.0. The first-order valence-corrected chi connectivity index (χ1v) is 7.28. The van der Waals surface area contributed by atoms with Crippen molar-refractivity contribution in [3.05, 3.63) is 51.3 Å². The zero-order valence-corrected chi connectivity index (χ0v) is 13.5. The highest BCUT2D eigenvalue weighted by molar-refractivity contribution is 6.32. The van der Waals surface area contributed by atoms with Crippen molar-refractivity contribution < 1.29 is 9.53 Å². The minimum absolute atomic E-state index is 0.0445. The van der Waals surface area contributed by atoms with Gasteiger partial charge in [-0.3, -0.25) is 0 Å². The van der Waals surface area contributed by atoms with Crippen molar-refractivity contribution in [3.63, 3.8) is 0 Å². The summed E-state index contributed by atoms with van der Waals surface area (Å²) in [6.45, 7) is 3.58. The van der Waals surface area contributed by atoms with Crippen LogP contribution in [0.3, 0.4) is 0 Å². The van der Waals surface area contributed by atoms with Crippen molar-refractivity contribution in [1.29, 1.82) is 5.26 Å². The molecule has 0 N–H and O–H groups in total. The second-order valence-electron chi connectivity index (χ2n) is 4.46. The summed E-state index contributed by atoms with van der Waals surface area (Å²) in [5.74, 6) is -0.546. The average molecular weight is 335 g/mol. The topological polar surface area (TPSA) is 63.0 Å². The summed E-state index contributed by atoms with van der Waals surface area (Å²) in [6, 6.07) is 8.85. The lowest BCUT2D eigenvalue weighted by Crippen LogP contribution is -2.12. The van der Waals surface area contributed by atoms with E-state index in [9.17, 15) is 10.1 Å². The van der Waals surface area contributed by atoms with Gasteiger partial charge in [-0.25, -0.2) is 9.78 Å². The molecule has 4 nitrogen and oxygen atoms in total. The molecule has 0 amide bonds. The summed E-state index contributed by atoms with van der Waals surface area (Å²) in [7, 11) is 0. The summed E-state index contributed by atoms with van der Waals surface area (Å²) in [4.78, 5) is 16.3. The highest BCUT2D eigenvalue weighted by Crippen LogP contribution is 2.34. The van der Waals surface area contributed by atoms with Crippen LogP contribution in [0.25, 0.3) is 11.1 Å². The number of hydrogen-bond donors (Lipinski definition) is 0. The zero-order chi connectivity index (χ0) is 16.3. The normalized spacial score (nSPS) is 10.1. The van der Waals surface area contributed by atoms with Crippen LogP contribution in [-0.2, 0) is 4.74 Å². The van der Waals surface area contributed by atoms with Gasteiger partial charge < -0.3 is 4.74 Å². The molecule has 0 aliphatic carbocycles. The number of nitrogens with zero attached hydrogens (tertiary/aromatic N) is 2. The van der Waals surface area contributed by atoms with Gasteiger partial charge in [0.15, 0.2) is 0 Å². The summed E-state index contributed by atoms with van der Waals surface area (Å²) < 4.78 is 5.08. The molecule has 0 fully saturated rings. The van der Waals surface area contributed by atoms with E-state index in [1.165, 1.54) is 0 Å². The minimum Gasteiger partial charge on any atom is -0.462 e. The first-order valence-electron chi connectivity index (χ1n) is 6.52. The van der Waals surface area contributed by atoms with Crippen molar-refractivity contribution in [2.75, 3.05) is 6.61 Å². The summed E-state index contributed by atoms with van der Waals surface area (Å²) in [5, 5.41) is 9.93. The van der Waals surface area contributed by atoms with E-state index in [1.807, 2.05) is 6.07 Å². The standard InChI is InChI=1S/C16H12Cl2N2O2/c1-3-22-16(21)13-9(2)20-15(18)12(8-19)14(13)10-5-4-6-11(17)7-10/h4-7H,3H2,1-2H3. The third kappa shape index (κ3) is 3.06. The van der Waals surface area contributed by atoms with Gasteiger partial charge in [0.2, 0.25) is 0 Å². The van der Waals surface area contributed by atoms with E-state index in [2.05, 4.69) is 4.98 Å². The Morgan fingerprint density at radius 1 is 1.41 bits per heavy atom. The monoisotopic (exact) mass is 334 g/mol. The highest BCUT2D eigenvalue weighted by atomic mass is 35.5. The maximum atomic E-state index is 12.3. The number of carbonyl (C=O) groups excluding carboxylic acids is 1. The number of benzene rings is 1. The first kappa shape index (κ1) is 16.3. The van der Waals surface area contributed by atoms with Gasteiger partial charge in [-0.1, -0.05) is 35.3 Å². The molecule has 2 rings (SSSR count). The molecule has 0 aliphatic rings. The SMILES string of the molecule is CCOC(=O)c1c(C)nc(Cl)c(C#N)c1-c1cccc(Cl)c1. The Hall–Kier alpha value is -2.09. The molecule has 0 aliphatic heterocycles. The lowest BCUT2D eigenvalue weighted by Gasteiger charge is -2.14. The fourth-order valence-electron chi connectivity index (χ4n) is 2.16. The van der Waals surface area contributed by atoms with Crippen molar-refractivity contribution in [3.8, 4) is 17.2 Å². The number of aryl methyl sites for hydroxylation is 1. The predicted molar refractivity (Wildman–Crippen MR) is 85.1 cm³/mol. The number of rotatable bonds is 3. The quantitative estimate of drug-likeness (QED) is 0.616. The molecule has 2 aromatic rings. The molecule has 0 saturated heterocycles. The molecule has 1 heterocycles. The molecule has 0 radical (unpaired) electrons. The van der Waals surface area contributed by atoms with Crippen LogP contribution in [0.15, 0.2) is 24.3 Å². The van der Waals surface area contributed by atoms with Gasteiger partial charge >= 0.3 is 5.97 Å². The maximum absolute atomic E-state index is 12.3. The molecule has 1 aromatic heterocycles. The molecule has 0 unspecified atom stereocenters. The van der Waals surface area contributed by atoms with Gasteiger partial charge in [0.1, 0.15) is 11.2 Å². The number of esters is 1. The minimum atomic E-state index is -0.546. The third-order valence-electron chi connectivity index (χ3n) is 3.04. The van der Waals surface area contributed by atoms with Crippen LogP contribution < -0.4 is 0 Å². The van der Waals surface area contributed by atoms with E-state index in [0.29, 0.717) is 21.8 Å². The van der Waals surface area contributed by atoms with Crippen molar-refractivity contribution in [2.45, 2.75) is 13.8 Å². The molecule has 0 spiro atoms. The van der Waals surface area contributed by atoms with Crippen LogP contribution in [0.4, 0.5) is 0 Å². The molecule has 22 heavy (non-hydrogen) atoms.